The molecule has 0 aliphatic rings. The van der Waals surface area contributed by atoms with Gasteiger partial charge in [0.05, 0.1) is 12.2 Å². The van der Waals surface area contributed by atoms with Crippen molar-refractivity contribution >= 4 is 11.6 Å². The highest BCUT2D eigenvalue weighted by Gasteiger charge is 2.10. The third-order valence-corrected chi connectivity index (χ3v) is 3.81. The number of amides is 1. The molecule has 0 unspecified atom stereocenters. The fraction of sp³-hybridized carbons (Fsp3) is 0.350. The summed E-state index contributed by atoms with van der Waals surface area (Å²) in [5.74, 6) is 0.554. The number of rotatable bonds is 8. The number of hydrogen-bond acceptors (Lipinski definition) is 3. The third-order valence-electron chi connectivity index (χ3n) is 3.81. The van der Waals surface area contributed by atoms with E-state index in [2.05, 4.69) is 34.5 Å². The van der Waals surface area contributed by atoms with E-state index < -0.39 is 0 Å². The van der Waals surface area contributed by atoms with Gasteiger partial charge in [-0.05, 0) is 49.6 Å². The molecular formula is C20H26N2O2. The zero-order chi connectivity index (χ0) is 17.4. The molecule has 4 nitrogen and oxygen atoms in total. The molecule has 0 saturated carbocycles. The Bertz CT molecular complexity index is 651. The van der Waals surface area contributed by atoms with Crippen molar-refractivity contribution in [1.82, 2.24) is 5.32 Å². The summed E-state index contributed by atoms with van der Waals surface area (Å²) < 4.78 is 5.50. The van der Waals surface area contributed by atoms with Crippen molar-refractivity contribution in [3.05, 3.63) is 59.7 Å². The van der Waals surface area contributed by atoms with Crippen LogP contribution in [0, 0.1) is 0 Å². The zero-order valence-corrected chi connectivity index (χ0v) is 14.7. The Morgan fingerprint density at radius 3 is 2.46 bits per heavy atom. The molecule has 0 bridgehead atoms. The Morgan fingerprint density at radius 1 is 1.08 bits per heavy atom. The van der Waals surface area contributed by atoms with Crippen molar-refractivity contribution in [2.45, 2.75) is 19.8 Å². The van der Waals surface area contributed by atoms with Crippen molar-refractivity contribution in [1.29, 1.82) is 0 Å². The summed E-state index contributed by atoms with van der Waals surface area (Å²) in [7, 11) is 4.06. The van der Waals surface area contributed by atoms with Crippen LogP contribution in [0.4, 0.5) is 5.69 Å². The summed E-state index contributed by atoms with van der Waals surface area (Å²) in [4.78, 5) is 14.4. The Labute approximate surface area is 144 Å². The predicted molar refractivity (Wildman–Crippen MR) is 99.0 cm³/mol. The predicted octanol–water partition coefficient (Wildman–Crippen LogP) is 3.51. The van der Waals surface area contributed by atoms with Crippen molar-refractivity contribution in [2.24, 2.45) is 0 Å². The largest absolute Gasteiger partial charge is 0.493 e. The van der Waals surface area contributed by atoms with Crippen LogP contribution in [0.2, 0.25) is 0 Å². The monoisotopic (exact) mass is 326 g/mol. The van der Waals surface area contributed by atoms with Gasteiger partial charge in [-0.2, -0.15) is 0 Å². The fourth-order valence-electron chi connectivity index (χ4n) is 2.49. The lowest BCUT2D eigenvalue weighted by molar-refractivity contribution is 0.0949. The minimum absolute atomic E-state index is 0.0815. The number of ether oxygens (including phenoxy) is 1. The maximum absolute atomic E-state index is 12.3. The molecule has 0 saturated heterocycles. The Balaban J connectivity index is 1.80. The first-order valence-corrected chi connectivity index (χ1v) is 8.38. The van der Waals surface area contributed by atoms with Crippen LogP contribution in [-0.2, 0) is 6.42 Å². The van der Waals surface area contributed by atoms with E-state index in [9.17, 15) is 4.79 Å². The molecule has 2 aromatic rings. The number of anilines is 1. The molecule has 2 aromatic carbocycles. The summed E-state index contributed by atoms with van der Waals surface area (Å²) in [6.45, 7) is 3.11. The van der Waals surface area contributed by atoms with Crippen LogP contribution in [0.3, 0.4) is 0 Å². The summed E-state index contributed by atoms with van der Waals surface area (Å²) in [6, 6.07) is 15.9. The van der Waals surface area contributed by atoms with E-state index in [0.717, 1.165) is 12.8 Å². The van der Waals surface area contributed by atoms with Gasteiger partial charge in [0.25, 0.3) is 5.91 Å². The lowest BCUT2D eigenvalue weighted by atomic mass is 10.1. The molecule has 128 valence electrons. The molecule has 0 aromatic heterocycles. The molecule has 1 N–H and O–H groups in total. The average molecular weight is 326 g/mol. The number of benzene rings is 2. The second-order valence-corrected chi connectivity index (χ2v) is 5.85. The highest BCUT2D eigenvalue weighted by atomic mass is 16.5. The van der Waals surface area contributed by atoms with Crippen LogP contribution in [0.25, 0.3) is 0 Å². The average Bonchev–Trinajstić information content (AvgIpc) is 2.59. The zero-order valence-electron chi connectivity index (χ0n) is 14.7. The molecule has 0 aliphatic carbocycles. The second kappa shape index (κ2) is 8.96. The van der Waals surface area contributed by atoms with Gasteiger partial charge in [-0.1, -0.05) is 24.3 Å². The van der Waals surface area contributed by atoms with E-state index in [4.69, 9.17) is 4.74 Å². The molecular weight excluding hydrogens is 300 g/mol. The number of aryl methyl sites for hydroxylation is 1. The number of nitrogens with zero attached hydrogens (tertiary/aromatic N) is 1. The number of hydrogen-bond donors (Lipinski definition) is 1. The number of para-hydroxylation sites is 1. The molecule has 4 heteroatoms. The first-order valence-electron chi connectivity index (χ1n) is 8.38. The Morgan fingerprint density at radius 2 is 1.79 bits per heavy atom. The van der Waals surface area contributed by atoms with Crippen molar-refractivity contribution in [2.75, 3.05) is 32.1 Å². The highest BCUT2D eigenvalue weighted by molar-refractivity contribution is 5.96. The van der Waals surface area contributed by atoms with Gasteiger partial charge in [-0.3, -0.25) is 4.79 Å². The quantitative estimate of drug-likeness (QED) is 0.755. The summed E-state index contributed by atoms with van der Waals surface area (Å²) >= 11 is 0. The maximum Gasteiger partial charge on any atom is 0.255 e. The van der Waals surface area contributed by atoms with Gasteiger partial charge in [0.2, 0.25) is 0 Å². The second-order valence-electron chi connectivity index (χ2n) is 5.85. The smallest absolute Gasteiger partial charge is 0.255 e. The minimum Gasteiger partial charge on any atom is -0.493 e. The van der Waals surface area contributed by atoms with E-state index in [1.54, 1.807) is 6.07 Å². The lowest BCUT2D eigenvalue weighted by Gasteiger charge is -2.13. The maximum atomic E-state index is 12.3. The van der Waals surface area contributed by atoms with Gasteiger partial charge in [0.15, 0.2) is 0 Å². The number of carbonyl (C=O) groups is 1. The molecule has 1 amide bonds. The van der Waals surface area contributed by atoms with Gasteiger partial charge in [0.1, 0.15) is 5.75 Å². The summed E-state index contributed by atoms with van der Waals surface area (Å²) in [5.41, 5.74) is 3.07. The topological polar surface area (TPSA) is 41.6 Å². The molecule has 0 spiro atoms. The van der Waals surface area contributed by atoms with E-state index in [1.807, 2.05) is 39.2 Å². The molecule has 2 rings (SSSR count). The molecule has 0 atom stereocenters. The molecule has 0 radical (unpaired) electrons. The van der Waals surface area contributed by atoms with E-state index in [1.165, 1.54) is 11.3 Å². The van der Waals surface area contributed by atoms with Gasteiger partial charge in [-0.25, -0.2) is 0 Å². The summed E-state index contributed by atoms with van der Waals surface area (Å²) in [6.07, 6.45) is 1.85. The van der Waals surface area contributed by atoms with Crippen LogP contribution in [-0.4, -0.2) is 33.2 Å². The number of nitrogens with one attached hydrogen (secondary N) is 1. The van der Waals surface area contributed by atoms with Crippen molar-refractivity contribution in [3.8, 4) is 5.75 Å². The number of carbonyl (C=O) groups excluding carboxylic acids is 1. The molecule has 24 heavy (non-hydrogen) atoms. The van der Waals surface area contributed by atoms with Gasteiger partial charge in [-0.15, -0.1) is 0 Å². The SMILES string of the molecule is CCOc1ccccc1C(=O)NCCCc1ccc(N(C)C)cc1. The van der Waals surface area contributed by atoms with Crippen LogP contribution >= 0.6 is 0 Å². The fourth-order valence-corrected chi connectivity index (χ4v) is 2.49. The van der Waals surface area contributed by atoms with E-state index in [0.29, 0.717) is 24.5 Å². The standard InChI is InChI=1S/C20H26N2O2/c1-4-24-19-10-6-5-9-18(19)20(23)21-15-7-8-16-11-13-17(14-12-16)22(2)3/h5-6,9-14H,4,7-8,15H2,1-3H3,(H,21,23). The van der Waals surface area contributed by atoms with Crippen LogP contribution in [0.1, 0.15) is 29.3 Å². The van der Waals surface area contributed by atoms with Crippen LogP contribution in [0.5, 0.6) is 5.75 Å². The van der Waals surface area contributed by atoms with E-state index >= 15 is 0 Å². The van der Waals surface area contributed by atoms with Crippen LogP contribution in [0.15, 0.2) is 48.5 Å². The Hall–Kier alpha value is -2.49. The first kappa shape index (κ1) is 17.9. The van der Waals surface area contributed by atoms with Crippen LogP contribution < -0.4 is 15.0 Å². The minimum atomic E-state index is -0.0815. The molecule has 0 aliphatic heterocycles. The highest BCUT2D eigenvalue weighted by Crippen LogP contribution is 2.17. The molecule has 0 heterocycles. The van der Waals surface area contributed by atoms with Gasteiger partial charge >= 0.3 is 0 Å². The Kier molecular flexibility index (Phi) is 6.67. The summed E-state index contributed by atoms with van der Waals surface area (Å²) in [5, 5.41) is 2.97. The van der Waals surface area contributed by atoms with E-state index in [-0.39, 0.29) is 5.91 Å². The normalized spacial score (nSPS) is 10.3. The van der Waals surface area contributed by atoms with Gasteiger partial charge < -0.3 is 15.0 Å². The lowest BCUT2D eigenvalue weighted by Crippen LogP contribution is -2.25. The van der Waals surface area contributed by atoms with Crippen molar-refractivity contribution in [3.63, 3.8) is 0 Å². The van der Waals surface area contributed by atoms with Crippen molar-refractivity contribution < 1.29 is 9.53 Å². The molecule has 0 fully saturated rings. The third kappa shape index (κ3) is 5.01. The van der Waals surface area contributed by atoms with Gasteiger partial charge in [0, 0.05) is 26.3 Å². The first-order chi connectivity index (χ1) is 11.6.